The van der Waals surface area contributed by atoms with E-state index in [-0.39, 0.29) is 11.3 Å². The monoisotopic (exact) mass is 241 g/mol. The maximum absolute atomic E-state index is 12.1. The zero-order valence-corrected chi connectivity index (χ0v) is 10.7. The molecule has 1 atom stereocenters. The second-order valence-corrected chi connectivity index (χ2v) is 4.70. The molecule has 0 N–H and O–H groups in total. The molecule has 0 bridgehead atoms. The molecule has 16 heavy (non-hydrogen) atoms. The van der Waals surface area contributed by atoms with Gasteiger partial charge in [0.15, 0.2) is 0 Å². The molecule has 1 aromatic rings. The molecule has 88 valence electrons. The van der Waals surface area contributed by atoms with E-state index in [1.807, 2.05) is 13.8 Å². The van der Waals surface area contributed by atoms with Crippen molar-refractivity contribution in [2.24, 2.45) is 0 Å². The van der Waals surface area contributed by atoms with Crippen molar-refractivity contribution >= 4 is 17.5 Å². The van der Waals surface area contributed by atoms with Gasteiger partial charge in [0.2, 0.25) is 0 Å². The molecule has 0 radical (unpaired) electrons. The number of nitrogens with zero attached hydrogens (tertiary/aromatic N) is 3. The van der Waals surface area contributed by atoms with Gasteiger partial charge in [-0.2, -0.15) is 10.2 Å². The number of amides is 1. The smallest absolute Gasteiger partial charge is 0.255 e. The Labute approximate surface area is 101 Å². The number of aromatic nitrogens is 2. The van der Waals surface area contributed by atoms with Crippen molar-refractivity contribution in [1.82, 2.24) is 15.1 Å². The molecular weight excluding hydrogens is 226 g/mol. The minimum Gasteiger partial charge on any atom is -0.340 e. The number of hydrogen-bond donors (Lipinski definition) is 0. The van der Waals surface area contributed by atoms with Crippen LogP contribution in [0.2, 0.25) is 0 Å². The highest BCUT2D eigenvalue weighted by atomic mass is 35.5. The summed E-state index contributed by atoms with van der Waals surface area (Å²) in [6.07, 6.45) is 0. The largest absolute Gasteiger partial charge is 0.340 e. The fraction of sp³-hybridized carbons (Fsp3) is 0.545. The van der Waals surface area contributed by atoms with E-state index in [1.165, 1.54) is 0 Å². The molecule has 0 saturated carbocycles. The van der Waals surface area contributed by atoms with E-state index >= 15 is 0 Å². The Bertz CT molecular complexity index is 393. The van der Waals surface area contributed by atoms with Gasteiger partial charge in [0, 0.05) is 19.0 Å². The Morgan fingerprint density at radius 1 is 1.50 bits per heavy atom. The first-order valence-corrected chi connectivity index (χ1v) is 5.56. The van der Waals surface area contributed by atoms with Gasteiger partial charge in [-0.25, -0.2) is 0 Å². The molecule has 1 rings (SSSR count). The highest BCUT2D eigenvalue weighted by Gasteiger charge is 2.16. The lowest BCUT2D eigenvalue weighted by Gasteiger charge is -2.19. The average Bonchev–Trinajstić information content (AvgIpc) is 2.19. The summed E-state index contributed by atoms with van der Waals surface area (Å²) in [6.45, 7) is 5.96. The SMILES string of the molecule is Cc1cc(C(=O)N(C)CC(C)Cl)c(C)nn1. The molecule has 4 nitrogen and oxygen atoms in total. The lowest BCUT2D eigenvalue weighted by atomic mass is 10.1. The molecule has 1 amide bonds. The quantitative estimate of drug-likeness (QED) is 0.758. The molecule has 0 spiro atoms. The average molecular weight is 242 g/mol. The van der Waals surface area contributed by atoms with E-state index in [0.29, 0.717) is 17.8 Å². The fourth-order valence-corrected chi connectivity index (χ4v) is 1.64. The maximum Gasteiger partial charge on any atom is 0.255 e. The third-order valence-electron chi connectivity index (χ3n) is 2.20. The van der Waals surface area contributed by atoms with Crippen molar-refractivity contribution in [2.75, 3.05) is 13.6 Å². The normalized spacial score (nSPS) is 12.3. The first kappa shape index (κ1) is 12.9. The van der Waals surface area contributed by atoms with Crippen molar-refractivity contribution in [3.63, 3.8) is 0 Å². The molecule has 0 aliphatic heterocycles. The molecular formula is C11H16ClN3O. The molecule has 1 aromatic heterocycles. The van der Waals surface area contributed by atoms with Gasteiger partial charge in [0.25, 0.3) is 5.91 Å². The summed E-state index contributed by atoms with van der Waals surface area (Å²) < 4.78 is 0. The number of hydrogen-bond acceptors (Lipinski definition) is 3. The van der Waals surface area contributed by atoms with E-state index in [1.54, 1.807) is 24.9 Å². The van der Waals surface area contributed by atoms with E-state index in [4.69, 9.17) is 11.6 Å². The standard InChI is InChI=1S/C11H16ClN3O/c1-7(12)6-15(4)11(16)10-5-8(2)13-14-9(10)3/h5,7H,6H2,1-4H3. The number of alkyl halides is 1. The van der Waals surface area contributed by atoms with E-state index in [9.17, 15) is 4.79 Å². The van der Waals surface area contributed by atoms with Crippen LogP contribution in [0.5, 0.6) is 0 Å². The summed E-state index contributed by atoms with van der Waals surface area (Å²) in [5, 5.41) is 7.76. The molecule has 0 saturated heterocycles. The van der Waals surface area contributed by atoms with Crippen LogP contribution >= 0.6 is 11.6 Å². The molecule has 1 heterocycles. The summed E-state index contributed by atoms with van der Waals surface area (Å²) >= 11 is 5.85. The maximum atomic E-state index is 12.1. The topological polar surface area (TPSA) is 46.1 Å². The Morgan fingerprint density at radius 2 is 2.12 bits per heavy atom. The summed E-state index contributed by atoms with van der Waals surface area (Å²) in [7, 11) is 1.73. The summed E-state index contributed by atoms with van der Waals surface area (Å²) in [4.78, 5) is 13.7. The number of carbonyl (C=O) groups excluding carboxylic acids is 1. The zero-order valence-electron chi connectivity index (χ0n) is 9.99. The minimum absolute atomic E-state index is 0.0647. The highest BCUT2D eigenvalue weighted by Crippen LogP contribution is 2.09. The summed E-state index contributed by atoms with van der Waals surface area (Å²) in [5.74, 6) is -0.0667. The van der Waals surface area contributed by atoms with Gasteiger partial charge < -0.3 is 4.90 Å². The summed E-state index contributed by atoms with van der Waals surface area (Å²) in [5.41, 5.74) is 1.97. The third-order valence-corrected chi connectivity index (χ3v) is 2.34. The van der Waals surface area contributed by atoms with Crippen LogP contribution in [0.3, 0.4) is 0 Å². The number of rotatable bonds is 3. The van der Waals surface area contributed by atoms with Gasteiger partial charge >= 0.3 is 0 Å². The highest BCUT2D eigenvalue weighted by molar-refractivity contribution is 6.20. The molecule has 5 heteroatoms. The van der Waals surface area contributed by atoms with Gasteiger partial charge in [-0.15, -0.1) is 11.6 Å². The van der Waals surface area contributed by atoms with Crippen LogP contribution in [0.1, 0.15) is 28.7 Å². The van der Waals surface area contributed by atoms with Crippen LogP contribution in [0.15, 0.2) is 6.07 Å². The van der Waals surface area contributed by atoms with Crippen LogP contribution < -0.4 is 0 Å². The second-order valence-electron chi connectivity index (χ2n) is 3.95. The predicted octanol–water partition coefficient (Wildman–Crippen LogP) is 1.79. The molecule has 0 aliphatic carbocycles. The molecule has 0 aliphatic rings. The Kier molecular flexibility index (Phi) is 4.24. The van der Waals surface area contributed by atoms with Gasteiger partial charge in [-0.05, 0) is 26.8 Å². The van der Waals surface area contributed by atoms with E-state index in [2.05, 4.69) is 10.2 Å². The molecule has 0 aromatic carbocycles. The molecule has 0 fully saturated rings. The van der Waals surface area contributed by atoms with Crippen molar-refractivity contribution in [2.45, 2.75) is 26.1 Å². The van der Waals surface area contributed by atoms with Crippen molar-refractivity contribution in [3.05, 3.63) is 23.0 Å². The van der Waals surface area contributed by atoms with Crippen molar-refractivity contribution in [1.29, 1.82) is 0 Å². The minimum atomic E-state index is -0.0667. The van der Waals surface area contributed by atoms with E-state index in [0.717, 1.165) is 5.69 Å². The van der Waals surface area contributed by atoms with E-state index < -0.39 is 0 Å². The lowest BCUT2D eigenvalue weighted by molar-refractivity contribution is 0.0794. The zero-order chi connectivity index (χ0) is 12.3. The van der Waals surface area contributed by atoms with Gasteiger partial charge in [0.05, 0.1) is 17.0 Å². The van der Waals surface area contributed by atoms with Gasteiger partial charge in [-0.1, -0.05) is 0 Å². The second kappa shape index (κ2) is 5.25. The van der Waals surface area contributed by atoms with Gasteiger partial charge in [0.1, 0.15) is 0 Å². The number of halogens is 1. The lowest BCUT2D eigenvalue weighted by Crippen LogP contribution is -2.32. The van der Waals surface area contributed by atoms with Gasteiger partial charge in [-0.3, -0.25) is 4.79 Å². The van der Waals surface area contributed by atoms with Crippen LogP contribution in [0, 0.1) is 13.8 Å². The Hall–Kier alpha value is -1.16. The first-order chi connectivity index (χ1) is 7.41. The first-order valence-electron chi connectivity index (χ1n) is 5.12. The number of carbonyl (C=O) groups is 1. The van der Waals surface area contributed by atoms with Crippen LogP contribution in [0.4, 0.5) is 0 Å². The summed E-state index contributed by atoms with van der Waals surface area (Å²) in [6, 6.07) is 1.75. The Morgan fingerprint density at radius 3 is 2.69 bits per heavy atom. The van der Waals surface area contributed by atoms with Crippen LogP contribution in [0.25, 0.3) is 0 Å². The fourth-order valence-electron chi connectivity index (χ4n) is 1.43. The predicted molar refractivity (Wildman–Crippen MR) is 63.8 cm³/mol. The van der Waals surface area contributed by atoms with Crippen LogP contribution in [-0.2, 0) is 0 Å². The van der Waals surface area contributed by atoms with Crippen LogP contribution in [-0.4, -0.2) is 40.0 Å². The number of aryl methyl sites for hydroxylation is 2. The van der Waals surface area contributed by atoms with Crippen molar-refractivity contribution in [3.8, 4) is 0 Å². The Balaban J connectivity index is 2.91. The third kappa shape index (κ3) is 3.17. The molecule has 1 unspecified atom stereocenters. The van der Waals surface area contributed by atoms with Crippen molar-refractivity contribution < 1.29 is 4.79 Å².